The fourth-order valence-corrected chi connectivity index (χ4v) is 3.43. The lowest BCUT2D eigenvalue weighted by Crippen LogP contribution is -2.33. The highest BCUT2D eigenvalue weighted by molar-refractivity contribution is 7.13. The van der Waals surface area contributed by atoms with Gasteiger partial charge in [-0.1, -0.05) is 19.3 Å². The molecule has 5 nitrogen and oxygen atoms in total. The maximum Gasteiger partial charge on any atom is 0.350 e. The zero-order valence-corrected chi connectivity index (χ0v) is 13.4. The summed E-state index contributed by atoms with van der Waals surface area (Å²) in [5, 5.41) is 3.67. The van der Waals surface area contributed by atoms with Gasteiger partial charge in [0.05, 0.1) is 10.7 Å². The molecular weight excluding hydrogens is 288 g/mol. The summed E-state index contributed by atoms with van der Waals surface area (Å²) in [5.74, 6) is -0.122. The Kier molecular flexibility index (Phi) is 5.73. The van der Waals surface area contributed by atoms with Crippen LogP contribution in [0.1, 0.15) is 52.5 Å². The molecular formula is C15H22N2O3S. The van der Waals surface area contributed by atoms with Gasteiger partial charge in [0.1, 0.15) is 4.88 Å². The third-order valence-electron chi connectivity index (χ3n) is 3.74. The zero-order chi connectivity index (χ0) is 15.2. The molecule has 0 radical (unpaired) electrons. The molecule has 1 N–H and O–H groups in total. The molecule has 0 bridgehead atoms. The summed E-state index contributed by atoms with van der Waals surface area (Å²) in [6.45, 7) is 4.07. The number of aryl methyl sites for hydroxylation is 2. The van der Waals surface area contributed by atoms with Crippen molar-refractivity contribution in [1.29, 1.82) is 0 Å². The van der Waals surface area contributed by atoms with Crippen LogP contribution in [0.25, 0.3) is 0 Å². The zero-order valence-electron chi connectivity index (χ0n) is 12.6. The van der Waals surface area contributed by atoms with Crippen LogP contribution in [0.15, 0.2) is 0 Å². The van der Waals surface area contributed by atoms with E-state index < -0.39 is 5.97 Å². The molecule has 6 heteroatoms. The molecule has 1 aromatic heterocycles. The van der Waals surface area contributed by atoms with E-state index in [0.29, 0.717) is 23.0 Å². The van der Waals surface area contributed by atoms with E-state index in [2.05, 4.69) is 10.3 Å². The number of hydrogen-bond acceptors (Lipinski definition) is 5. The van der Waals surface area contributed by atoms with E-state index >= 15 is 0 Å². The van der Waals surface area contributed by atoms with Crippen molar-refractivity contribution in [2.24, 2.45) is 5.92 Å². The SMILES string of the molecule is Cc1nc(C)c(C(=O)OCC(=O)NCC2CCCCC2)s1. The van der Waals surface area contributed by atoms with Gasteiger partial charge in [0.25, 0.3) is 5.91 Å². The Hall–Kier alpha value is -1.43. The topological polar surface area (TPSA) is 68.3 Å². The Morgan fingerprint density at radius 3 is 2.62 bits per heavy atom. The van der Waals surface area contributed by atoms with Gasteiger partial charge in [-0.15, -0.1) is 11.3 Å². The monoisotopic (exact) mass is 310 g/mol. The van der Waals surface area contributed by atoms with Gasteiger partial charge in [-0.3, -0.25) is 4.79 Å². The molecule has 1 aromatic rings. The quantitative estimate of drug-likeness (QED) is 0.849. The van der Waals surface area contributed by atoms with E-state index in [-0.39, 0.29) is 12.5 Å². The lowest BCUT2D eigenvalue weighted by atomic mass is 9.89. The second-order valence-electron chi connectivity index (χ2n) is 5.53. The number of carbonyl (C=O) groups excluding carboxylic acids is 2. The first-order valence-corrected chi connectivity index (χ1v) is 8.25. The van der Waals surface area contributed by atoms with Crippen LogP contribution in [-0.2, 0) is 9.53 Å². The number of rotatable bonds is 5. The molecule has 21 heavy (non-hydrogen) atoms. The highest BCUT2D eigenvalue weighted by Gasteiger charge is 2.18. The van der Waals surface area contributed by atoms with Crippen LogP contribution in [-0.4, -0.2) is 30.0 Å². The molecule has 0 saturated heterocycles. The first kappa shape index (κ1) is 15.9. The van der Waals surface area contributed by atoms with Crippen molar-refractivity contribution in [2.75, 3.05) is 13.2 Å². The van der Waals surface area contributed by atoms with Crippen LogP contribution in [0.4, 0.5) is 0 Å². The fraction of sp³-hybridized carbons (Fsp3) is 0.667. The Morgan fingerprint density at radius 2 is 2.00 bits per heavy atom. The molecule has 0 atom stereocenters. The molecule has 0 aromatic carbocycles. The second-order valence-corrected chi connectivity index (χ2v) is 6.73. The van der Waals surface area contributed by atoms with E-state index in [4.69, 9.17) is 4.74 Å². The first-order chi connectivity index (χ1) is 10.1. The van der Waals surface area contributed by atoms with E-state index in [0.717, 1.165) is 5.01 Å². The third-order valence-corrected chi connectivity index (χ3v) is 4.79. The van der Waals surface area contributed by atoms with Gasteiger partial charge in [0.2, 0.25) is 0 Å². The lowest BCUT2D eigenvalue weighted by molar-refractivity contribution is -0.124. The van der Waals surface area contributed by atoms with Crippen LogP contribution in [0.5, 0.6) is 0 Å². The third kappa shape index (κ3) is 4.81. The average molecular weight is 310 g/mol. The van der Waals surface area contributed by atoms with Crippen molar-refractivity contribution in [3.8, 4) is 0 Å². The van der Waals surface area contributed by atoms with E-state index in [1.165, 1.54) is 43.4 Å². The Labute approximate surface area is 129 Å². The second kappa shape index (κ2) is 7.54. The highest BCUT2D eigenvalue weighted by atomic mass is 32.1. The van der Waals surface area contributed by atoms with E-state index in [1.54, 1.807) is 6.92 Å². The number of thiazole rings is 1. The summed E-state index contributed by atoms with van der Waals surface area (Å²) >= 11 is 1.29. The molecule has 1 fully saturated rings. The summed E-state index contributed by atoms with van der Waals surface area (Å²) in [5.41, 5.74) is 0.658. The van der Waals surface area contributed by atoms with Gasteiger partial charge in [-0.25, -0.2) is 9.78 Å². The molecule has 1 heterocycles. The van der Waals surface area contributed by atoms with Crippen LogP contribution in [0.3, 0.4) is 0 Å². The number of nitrogens with zero attached hydrogens (tertiary/aromatic N) is 1. The van der Waals surface area contributed by atoms with Crippen LogP contribution in [0.2, 0.25) is 0 Å². The summed E-state index contributed by atoms with van der Waals surface area (Å²) in [4.78, 5) is 28.2. The predicted octanol–water partition coefficient (Wildman–Crippen LogP) is 2.61. The van der Waals surface area contributed by atoms with Crippen LogP contribution >= 0.6 is 11.3 Å². The number of hydrogen-bond donors (Lipinski definition) is 1. The normalized spacial score (nSPS) is 15.7. The van der Waals surface area contributed by atoms with Gasteiger partial charge in [0.15, 0.2) is 6.61 Å². The lowest BCUT2D eigenvalue weighted by Gasteiger charge is -2.21. The number of carbonyl (C=O) groups is 2. The van der Waals surface area contributed by atoms with Gasteiger partial charge < -0.3 is 10.1 Å². The van der Waals surface area contributed by atoms with Crippen molar-refractivity contribution >= 4 is 23.2 Å². The Bertz CT molecular complexity index is 507. The van der Waals surface area contributed by atoms with Gasteiger partial charge >= 0.3 is 5.97 Å². The molecule has 1 amide bonds. The number of nitrogens with one attached hydrogen (secondary N) is 1. The van der Waals surface area contributed by atoms with Crippen molar-refractivity contribution in [3.63, 3.8) is 0 Å². The maximum absolute atomic E-state index is 11.9. The number of esters is 1. The largest absolute Gasteiger partial charge is 0.451 e. The number of ether oxygens (including phenoxy) is 1. The summed E-state index contributed by atoms with van der Waals surface area (Å²) in [6, 6.07) is 0. The number of amides is 1. The molecule has 1 saturated carbocycles. The Morgan fingerprint density at radius 1 is 1.29 bits per heavy atom. The molecule has 1 aliphatic rings. The summed E-state index contributed by atoms with van der Waals surface area (Å²) in [6.07, 6.45) is 6.16. The van der Waals surface area contributed by atoms with Crippen molar-refractivity contribution in [1.82, 2.24) is 10.3 Å². The van der Waals surface area contributed by atoms with Crippen molar-refractivity contribution in [2.45, 2.75) is 46.0 Å². The van der Waals surface area contributed by atoms with Gasteiger partial charge in [-0.05, 0) is 32.6 Å². The van der Waals surface area contributed by atoms with E-state index in [9.17, 15) is 9.59 Å². The fourth-order valence-electron chi connectivity index (χ4n) is 2.62. The molecule has 0 spiro atoms. The first-order valence-electron chi connectivity index (χ1n) is 7.44. The predicted molar refractivity (Wildman–Crippen MR) is 81.5 cm³/mol. The molecule has 2 rings (SSSR count). The van der Waals surface area contributed by atoms with Crippen LogP contribution < -0.4 is 5.32 Å². The minimum absolute atomic E-state index is 0.220. The summed E-state index contributed by atoms with van der Waals surface area (Å²) in [7, 11) is 0. The van der Waals surface area contributed by atoms with E-state index in [1.807, 2.05) is 6.92 Å². The average Bonchev–Trinajstić information content (AvgIpc) is 2.82. The minimum Gasteiger partial charge on any atom is -0.451 e. The highest BCUT2D eigenvalue weighted by Crippen LogP contribution is 2.22. The minimum atomic E-state index is -0.467. The molecule has 116 valence electrons. The Balaban J connectivity index is 1.71. The molecule has 1 aliphatic carbocycles. The van der Waals surface area contributed by atoms with Crippen LogP contribution in [0, 0.1) is 19.8 Å². The number of aromatic nitrogens is 1. The van der Waals surface area contributed by atoms with Gasteiger partial charge in [0, 0.05) is 6.54 Å². The smallest absolute Gasteiger partial charge is 0.350 e. The summed E-state index contributed by atoms with van der Waals surface area (Å²) < 4.78 is 5.04. The maximum atomic E-state index is 11.9. The van der Waals surface area contributed by atoms with Crippen molar-refractivity contribution in [3.05, 3.63) is 15.6 Å². The van der Waals surface area contributed by atoms with Gasteiger partial charge in [-0.2, -0.15) is 0 Å². The molecule has 0 unspecified atom stereocenters. The van der Waals surface area contributed by atoms with Crippen molar-refractivity contribution < 1.29 is 14.3 Å². The molecule has 0 aliphatic heterocycles. The standard InChI is InChI=1S/C15H22N2O3S/c1-10-14(21-11(2)17-10)15(19)20-9-13(18)16-8-12-6-4-3-5-7-12/h12H,3-9H2,1-2H3,(H,16,18).